The van der Waals surface area contributed by atoms with Gasteiger partial charge in [-0.25, -0.2) is 4.79 Å². The number of esters is 1. The Morgan fingerprint density at radius 3 is 2.26 bits per heavy atom. The molecule has 0 fully saturated rings. The molecule has 0 heterocycles. The number of anilines is 1. The minimum Gasteiger partial charge on any atom is -0.490 e. The van der Waals surface area contributed by atoms with Crippen LogP contribution in [-0.2, 0) is 4.74 Å². The third-order valence-corrected chi connectivity index (χ3v) is 3.63. The molecule has 140 valence electrons. The highest BCUT2D eigenvalue weighted by atomic mass is 32.1. The summed E-state index contributed by atoms with van der Waals surface area (Å²) in [5.41, 5.74) is 0.618. The van der Waals surface area contributed by atoms with E-state index in [4.69, 9.17) is 17.0 Å². The summed E-state index contributed by atoms with van der Waals surface area (Å²) in [5.74, 6) is -1.05. The van der Waals surface area contributed by atoms with Crippen LogP contribution in [0.3, 0.4) is 0 Å². The minimum absolute atomic E-state index is 0.00992. The highest BCUT2D eigenvalue weighted by Crippen LogP contribution is 2.27. The van der Waals surface area contributed by atoms with Crippen molar-refractivity contribution in [3.63, 3.8) is 0 Å². The number of carbonyl (C=O) groups is 2. The van der Waals surface area contributed by atoms with Crippen molar-refractivity contribution in [2.75, 3.05) is 19.5 Å². The molecule has 0 spiro atoms. The fraction of sp³-hybridized carbons (Fsp3) is 0.118. The van der Waals surface area contributed by atoms with Gasteiger partial charge in [-0.3, -0.25) is 20.2 Å². The molecule has 0 radical (unpaired) electrons. The topological polar surface area (TPSA) is 120 Å². The lowest BCUT2D eigenvalue weighted by molar-refractivity contribution is -0.385. The van der Waals surface area contributed by atoms with Crippen LogP contribution in [0.5, 0.6) is 5.75 Å². The fourth-order valence-corrected chi connectivity index (χ4v) is 2.33. The van der Waals surface area contributed by atoms with Crippen LogP contribution in [0.25, 0.3) is 0 Å². The summed E-state index contributed by atoms with van der Waals surface area (Å²) >= 11 is 5.06. The largest absolute Gasteiger partial charge is 0.490 e. The Morgan fingerprint density at radius 2 is 1.70 bits per heavy atom. The van der Waals surface area contributed by atoms with E-state index in [1.165, 1.54) is 38.5 Å². The van der Waals surface area contributed by atoms with E-state index >= 15 is 0 Å². The van der Waals surface area contributed by atoms with Crippen LogP contribution in [-0.4, -0.2) is 36.1 Å². The molecule has 27 heavy (non-hydrogen) atoms. The van der Waals surface area contributed by atoms with Crippen molar-refractivity contribution in [2.24, 2.45) is 0 Å². The number of nitrogens with one attached hydrogen (secondary N) is 2. The van der Waals surface area contributed by atoms with Crippen LogP contribution in [0.15, 0.2) is 42.5 Å². The predicted octanol–water partition coefficient (Wildman–Crippen LogP) is 2.52. The number of nitro groups is 1. The first-order chi connectivity index (χ1) is 12.8. The van der Waals surface area contributed by atoms with E-state index in [0.717, 1.165) is 6.07 Å². The van der Waals surface area contributed by atoms with Gasteiger partial charge < -0.3 is 14.8 Å². The Bertz CT molecular complexity index is 898. The number of nitrogens with zero attached hydrogens (tertiary/aromatic N) is 1. The smallest absolute Gasteiger partial charge is 0.337 e. The summed E-state index contributed by atoms with van der Waals surface area (Å²) in [5, 5.41) is 16.2. The average molecular weight is 389 g/mol. The number of hydrogen-bond acceptors (Lipinski definition) is 7. The lowest BCUT2D eigenvalue weighted by Gasteiger charge is -2.10. The lowest BCUT2D eigenvalue weighted by Crippen LogP contribution is -2.34. The van der Waals surface area contributed by atoms with E-state index in [1.807, 2.05) is 0 Å². The van der Waals surface area contributed by atoms with Gasteiger partial charge in [0.2, 0.25) is 0 Å². The van der Waals surface area contributed by atoms with Crippen molar-refractivity contribution in [1.82, 2.24) is 5.32 Å². The molecule has 0 aliphatic carbocycles. The molecule has 1 amide bonds. The Kier molecular flexibility index (Phi) is 6.39. The summed E-state index contributed by atoms with van der Waals surface area (Å²) in [6.45, 7) is 0. The molecule has 9 nitrogen and oxygen atoms in total. The molecular formula is C17H15N3O6S. The predicted molar refractivity (Wildman–Crippen MR) is 101 cm³/mol. The van der Waals surface area contributed by atoms with Gasteiger partial charge in [-0.05, 0) is 48.6 Å². The van der Waals surface area contributed by atoms with E-state index in [0.29, 0.717) is 11.3 Å². The second-order valence-corrected chi connectivity index (χ2v) is 5.53. The van der Waals surface area contributed by atoms with Crippen molar-refractivity contribution < 1.29 is 24.0 Å². The number of thiocarbonyl (C=S) groups is 1. The number of carbonyl (C=O) groups excluding carboxylic acids is 2. The first-order valence-electron chi connectivity index (χ1n) is 7.49. The van der Waals surface area contributed by atoms with Crippen molar-refractivity contribution in [2.45, 2.75) is 0 Å². The van der Waals surface area contributed by atoms with Crippen LogP contribution in [0, 0.1) is 10.1 Å². The number of hydrogen-bond donors (Lipinski definition) is 2. The Labute approximate surface area is 159 Å². The van der Waals surface area contributed by atoms with Gasteiger partial charge in [0.15, 0.2) is 10.9 Å². The van der Waals surface area contributed by atoms with Crippen LogP contribution < -0.4 is 15.4 Å². The molecule has 0 aromatic heterocycles. The van der Waals surface area contributed by atoms with Gasteiger partial charge in [0.1, 0.15) is 0 Å². The van der Waals surface area contributed by atoms with Gasteiger partial charge in [-0.2, -0.15) is 0 Å². The van der Waals surface area contributed by atoms with E-state index < -0.39 is 16.8 Å². The van der Waals surface area contributed by atoms with Gasteiger partial charge in [-0.15, -0.1) is 0 Å². The van der Waals surface area contributed by atoms with Crippen LogP contribution in [0.2, 0.25) is 0 Å². The third kappa shape index (κ3) is 4.98. The Balaban J connectivity index is 2.05. The highest BCUT2D eigenvalue weighted by Gasteiger charge is 2.18. The summed E-state index contributed by atoms with van der Waals surface area (Å²) in [7, 11) is 2.58. The molecule has 0 aliphatic heterocycles. The summed E-state index contributed by atoms with van der Waals surface area (Å²) in [4.78, 5) is 34.0. The Hall–Kier alpha value is -3.53. The molecule has 2 aromatic rings. The number of rotatable bonds is 5. The number of ether oxygens (including phenoxy) is 2. The van der Waals surface area contributed by atoms with Crippen molar-refractivity contribution in [3.8, 4) is 5.75 Å². The number of methoxy groups -OCH3 is 2. The zero-order valence-electron chi connectivity index (χ0n) is 14.3. The van der Waals surface area contributed by atoms with Gasteiger partial charge in [0, 0.05) is 17.3 Å². The molecule has 2 aromatic carbocycles. The fourth-order valence-electron chi connectivity index (χ4n) is 2.12. The maximum Gasteiger partial charge on any atom is 0.337 e. The first kappa shape index (κ1) is 19.8. The average Bonchev–Trinajstić information content (AvgIpc) is 2.67. The van der Waals surface area contributed by atoms with E-state index in [-0.39, 0.29) is 22.1 Å². The van der Waals surface area contributed by atoms with E-state index in [9.17, 15) is 19.7 Å². The quantitative estimate of drug-likeness (QED) is 0.346. The Morgan fingerprint density at radius 1 is 1.07 bits per heavy atom. The number of benzene rings is 2. The summed E-state index contributed by atoms with van der Waals surface area (Å²) < 4.78 is 9.49. The zero-order chi connectivity index (χ0) is 20.0. The van der Waals surface area contributed by atoms with Crippen molar-refractivity contribution in [1.29, 1.82) is 0 Å². The molecule has 0 saturated carbocycles. The van der Waals surface area contributed by atoms with Crippen LogP contribution in [0.1, 0.15) is 20.7 Å². The summed E-state index contributed by atoms with van der Waals surface area (Å²) in [6.07, 6.45) is 0. The van der Waals surface area contributed by atoms with E-state index in [1.54, 1.807) is 12.1 Å². The van der Waals surface area contributed by atoms with Gasteiger partial charge in [0.25, 0.3) is 5.91 Å². The van der Waals surface area contributed by atoms with Crippen LogP contribution in [0.4, 0.5) is 11.4 Å². The lowest BCUT2D eigenvalue weighted by atomic mass is 10.1. The standard InChI is InChI=1S/C17H15N3O6S/c1-25-14-8-5-11(9-13(14)20(23)24)15(21)19-17(27)18-12-6-3-10(4-7-12)16(22)26-2/h3-9H,1-2H3,(H2,18,19,21,27). The molecule has 0 bridgehead atoms. The van der Waals surface area contributed by atoms with Gasteiger partial charge in [0.05, 0.1) is 24.7 Å². The molecule has 0 aliphatic rings. The molecular weight excluding hydrogens is 374 g/mol. The van der Waals surface area contributed by atoms with Crippen molar-refractivity contribution >= 4 is 40.6 Å². The molecule has 10 heteroatoms. The van der Waals surface area contributed by atoms with Crippen LogP contribution >= 0.6 is 12.2 Å². The SMILES string of the molecule is COC(=O)c1ccc(NC(=S)NC(=O)c2ccc(OC)c([N+](=O)[O-])c2)cc1. The molecule has 0 saturated heterocycles. The first-order valence-corrected chi connectivity index (χ1v) is 7.89. The van der Waals surface area contributed by atoms with Gasteiger partial charge >= 0.3 is 11.7 Å². The maximum absolute atomic E-state index is 12.2. The van der Waals surface area contributed by atoms with E-state index in [2.05, 4.69) is 15.4 Å². The molecule has 2 rings (SSSR count). The molecule has 0 atom stereocenters. The normalized spacial score (nSPS) is 9.85. The summed E-state index contributed by atoms with van der Waals surface area (Å²) in [6, 6.07) is 10.1. The molecule has 2 N–H and O–H groups in total. The number of nitro benzene ring substituents is 1. The zero-order valence-corrected chi connectivity index (χ0v) is 15.2. The highest BCUT2D eigenvalue weighted by molar-refractivity contribution is 7.80. The van der Waals surface area contributed by atoms with Crippen molar-refractivity contribution in [3.05, 3.63) is 63.7 Å². The second kappa shape index (κ2) is 8.72. The number of amides is 1. The minimum atomic E-state index is -0.644. The second-order valence-electron chi connectivity index (χ2n) is 5.12. The third-order valence-electron chi connectivity index (χ3n) is 3.43. The maximum atomic E-state index is 12.2. The van der Waals surface area contributed by atoms with Gasteiger partial charge in [-0.1, -0.05) is 0 Å². The monoisotopic (exact) mass is 389 g/mol. The molecule has 0 unspecified atom stereocenters.